The molecule has 1 saturated heterocycles. The van der Waals surface area contributed by atoms with Crippen molar-refractivity contribution in [3.63, 3.8) is 0 Å². The Hall–Kier alpha value is -0.610. The molecule has 18 heavy (non-hydrogen) atoms. The van der Waals surface area contributed by atoms with Crippen LogP contribution in [0, 0.1) is 5.92 Å². The quantitative estimate of drug-likeness (QED) is 0.794. The summed E-state index contributed by atoms with van der Waals surface area (Å²) in [4.78, 5) is 14.1. The minimum Gasteiger partial charge on any atom is -0.350 e. The molecule has 1 fully saturated rings. The van der Waals surface area contributed by atoms with Gasteiger partial charge in [-0.05, 0) is 66.6 Å². The predicted molar refractivity (Wildman–Crippen MR) is 75.6 cm³/mol. The summed E-state index contributed by atoms with van der Waals surface area (Å²) in [7, 11) is 2.02. The lowest BCUT2D eigenvalue weighted by Gasteiger charge is -2.34. The highest BCUT2D eigenvalue weighted by molar-refractivity contribution is 5.78. The maximum absolute atomic E-state index is 11.8. The van der Waals surface area contributed by atoms with E-state index in [2.05, 4.69) is 22.5 Å². The van der Waals surface area contributed by atoms with Crippen LogP contribution in [0.4, 0.5) is 0 Å². The largest absolute Gasteiger partial charge is 0.350 e. The summed E-state index contributed by atoms with van der Waals surface area (Å²) in [6, 6.07) is 0.579. The molecule has 0 aliphatic carbocycles. The molecule has 0 radical (unpaired) electrons. The van der Waals surface area contributed by atoms with Gasteiger partial charge in [-0.2, -0.15) is 0 Å². The zero-order chi connectivity index (χ0) is 13.8. The van der Waals surface area contributed by atoms with Gasteiger partial charge in [-0.1, -0.05) is 0 Å². The summed E-state index contributed by atoms with van der Waals surface area (Å²) < 4.78 is 0. The Morgan fingerprint density at radius 2 is 1.89 bits per heavy atom. The highest BCUT2D eigenvalue weighted by Crippen LogP contribution is 2.20. The van der Waals surface area contributed by atoms with E-state index in [1.54, 1.807) is 0 Å². The molecule has 0 aromatic carbocycles. The molecular weight excluding hydrogens is 226 g/mol. The van der Waals surface area contributed by atoms with Gasteiger partial charge in [-0.15, -0.1) is 0 Å². The van der Waals surface area contributed by atoms with Gasteiger partial charge in [-0.3, -0.25) is 9.69 Å². The van der Waals surface area contributed by atoms with Gasteiger partial charge in [0, 0.05) is 11.6 Å². The molecule has 0 spiro atoms. The van der Waals surface area contributed by atoms with Crippen molar-refractivity contribution in [3.05, 3.63) is 0 Å². The fourth-order valence-electron chi connectivity index (χ4n) is 2.51. The van der Waals surface area contributed by atoms with Gasteiger partial charge in [0.2, 0.25) is 5.91 Å². The number of rotatable bonds is 4. The van der Waals surface area contributed by atoms with Crippen LogP contribution in [-0.4, -0.2) is 49.1 Å². The topological polar surface area (TPSA) is 44.4 Å². The molecule has 2 N–H and O–H groups in total. The molecule has 0 saturated carbocycles. The minimum absolute atomic E-state index is 0.129. The number of hydrogen-bond donors (Lipinski definition) is 2. The average molecular weight is 255 g/mol. The molecular formula is C14H29N3O. The summed E-state index contributed by atoms with van der Waals surface area (Å²) >= 11 is 0. The lowest BCUT2D eigenvalue weighted by Crippen LogP contribution is -2.48. The molecule has 1 atom stereocenters. The van der Waals surface area contributed by atoms with Crippen LogP contribution in [0.2, 0.25) is 0 Å². The van der Waals surface area contributed by atoms with Crippen LogP contribution >= 0.6 is 0 Å². The molecule has 1 aliphatic rings. The fourth-order valence-corrected chi connectivity index (χ4v) is 2.51. The Morgan fingerprint density at radius 1 is 1.33 bits per heavy atom. The van der Waals surface area contributed by atoms with E-state index in [1.807, 2.05) is 27.8 Å². The monoisotopic (exact) mass is 255 g/mol. The normalized spacial score (nSPS) is 20.7. The van der Waals surface area contributed by atoms with Gasteiger partial charge in [-0.25, -0.2) is 0 Å². The van der Waals surface area contributed by atoms with Crippen LogP contribution in [0.15, 0.2) is 0 Å². The van der Waals surface area contributed by atoms with E-state index >= 15 is 0 Å². The highest BCUT2D eigenvalue weighted by Gasteiger charge is 2.24. The van der Waals surface area contributed by atoms with Crippen molar-refractivity contribution in [2.45, 2.75) is 52.1 Å². The molecule has 0 aromatic heterocycles. The van der Waals surface area contributed by atoms with Crippen LogP contribution in [0.5, 0.6) is 0 Å². The molecule has 0 aromatic rings. The van der Waals surface area contributed by atoms with Crippen molar-refractivity contribution < 1.29 is 4.79 Å². The number of amides is 1. The summed E-state index contributed by atoms with van der Waals surface area (Å²) in [6.07, 6.45) is 2.37. The average Bonchev–Trinajstić information content (AvgIpc) is 2.26. The molecule has 1 aliphatic heterocycles. The summed E-state index contributed by atoms with van der Waals surface area (Å²) in [6.45, 7) is 10.9. The van der Waals surface area contributed by atoms with Gasteiger partial charge < -0.3 is 10.6 Å². The predicted octanol–water partition coefficient (Wildman–Crippen LogP) is 1.22. The van der Waals surface area contributed by atoms with E-state index in [4.69, 9.17) is 0 Å². The third-order valence-corrected chi connectivity index (χ3v) is 3.68. The van der Waals surface area contributed by atoms with Crippen LogP contribution in [-0.2, 0) is 4.79 Å². The zero-order valence-corrected chi connectivity index (χ0v) is 12.5. The molecule has 4 heteroatoms. The Labute approximate surface area is 111 Å². The van der Waals surface area contributed by atoms with Crippen molar-refractivity contribution >= 4 is 5.91 Å². The molecule has 1 heterocycles. The molecule has 0 bridgehead atoms. The second-order valence-corrected chi connectivity index (χ2v) is 6.49. The second kappa shape index (κ2) is 6.53. The number of carbonyl (C=O) groups excluding carboxylic acids is 1. The fraction of sp³-hybridized carbons (Fsp3) is 0.929. The van der Waals surface area contributed by atoms with Crippen LogP contribution in [0.3, 0.4) is 0 Å². The van der Waals surface area contributed by atoms with Gasteiger partial charge in [0.15, 0.2) is 0 Å². The van der Waals surface area contributed by atoms with E-state index < -0.39 is 0 Å². The molecule has 1 unspecified atom stereocenters. The van der Waals surface area contributed by atoms with Gasteiger partial charge in [0.1, 0.15) is 0 Å². The number of likely N-dealkylation sites (tertiary alicyclic amines) is 1. The molecule has 106 valence electrons. The van der Waals surface area contributed by atoms with E-state index in [0.717, 1.165) is 19.0 Å². The first kappa shape index (κ1) is 15.4. The van der Waals surface area contributed by atoms with Gasteiger partial charge >= 0.3 is 0 Å². The van der Waals surface area contributed by atoms with Crippen molar-refractivity contribution in [3.8, 4) is 0 Å². The van der Waals surface area contributed by atoms with Crippen LogP contribution in [0.25, 0.3) is 0 Å². The maximum Gasteiger partial charge on any atom is 0.234 e. The lowest BCUT2D eigenvalue weighted by atomic mass is 9.90. The van der Waals surface area contributed by atoms with Crippen LogP contribution in [0.1, 0.15) is 40.5 Å². The SMILES string of the molecule is CNC(C)C1CCN(CC(=O)NC(C)(C)C)CC1. The maximum atomic E-state index is 11.8. The highest BCUT2D eigenvalue weighted by atomic mass is 16.2. The first-order valence-corrected chi connectivity index (χ1v) is 7.02. The third-order valence-electron chi connectivity index (χ3n) is 3.68. The van der Waals surface area contributed by atoms with E-state index in [0.29, 0.717) is 12.6 Å². The number of carbonyl (C=O) groups is 1. The summed E-state index contributed by atoms with van der Waals surface area (Å²) in [5.74, 6) is 0.888. The van der Waals surface area contributed by atoms with Crippen molar-refractivity contribution in [2.24, 2.45) is 5.92 Å². The van der Waals surface area contributed by atoms with Gasteiger partial charge in [0.05, 0.1) is 6.54 Å². The Morgan fingerprint density at radius 3 is 2.33 bits per heavy atom. The van der Waals surface area contributed by atoms with Crippen molar-refractivity contribution in [1.29, 1.82) is 0 Å². The lowest BCUT2D eigenvalue weighted by molar-refractivity contribution is -0.124. The smallest absolute Gasteiger partial charge is 0.234 e. The number of nitrogens with zero attached hydrogens (tertiary/aromatic N) is 1. The third kappa shape index (κ3) is 5.36. The standard InChI is InChI=1S/C14H29N3O/c1-11(15-5)12-6-8-17(9-7-12)10-13(18)16-14(2,3)4/h11-12,15H,6-10H2,1-5H3,(H,16,18). The minimum atomic E-state index is -0.129. The van der Waals surface area contributed by atoms with E-state index in [-0.39, 0.29) is 11.4 Å². The summed E-state index contributed by atoms with van der Waals surface area (Å²) in [5.41, 5.74) is -0.129. The Kier molecular flexibility index (Phi) is 5.60. The Balaban J connectivity index is 2.29. The van der Waals surface area contributed by atoms with Gasteiger partial charge in [0.25, 0.3) is 0 Å². The zero-order valence-electron chi connectivity index (χ0n) is 12.5. The second-order valence-electron chi connectivity index (χ2n) is 6.49. The number of nitrogens with one attached hydrogen (secondary N) is 2. The first-order chi connectivity index (χ1) is 8.31. The number of hydrogen-bond acceptors (Lipinski definition) is 3. The van der Waals surface area contributed by atoms with Crippen molar-refractivity contribution in [2.75, 3.05) is 26.7 Å². The summed E-state index contributed by atoms with van der Waals surface area (Å²) in [5, 5.41) is 6.34. The van der Waals surface area contributed by atoms with Crippen LogP contribution < -0.4 is 10.6 Å². The molecule has 1 rings (SSSR count). The molecule has 4 nitrogen and oxygen atoms in total. The van der Waals surface area contributed by atoms with E-state index in [9.17, 15) is 4.79 Å². The van der Waals surface area contributed by atoms with E-state index in [1.165, 1.54) is 12.8 Å². The Bertz CT molecular complexity index is 265. The first-order valence-electron chi connectivity index (χ1n) is 7.02. The van der Waals surface area contributed by atoms with Crippen molar-refractivity contribution in [1.82, 2.24) is 15.5 Å². The number of piperidine rings is 1. The molecule has 1 amide bonds.